The SMILES string of the molecule is CC(C)C(C)C(C)CCC(=O)O. The van der Waals surface area contributed by atoms with Crippen LogP contribution in [-0.4, -0.2) is 11.1 Å². The van der Waals surface area contributed by atoms with Crippen LogP contribution in [0.15, 0.2) is 0 Å². The monoisotopic (exact) mass is 172 g/mol. The molecule has 0 radical (unpaired) electrons. The molecule has 0 fully saturated rings. The Hall–Kier alpha value is -0.530. The number of hydrogen-bond donors (Lipinski definition) is 1. The smallest absolute Gasteiger partial charge is 0.303 e. The molecule has 2 unspecified atom stereocenters. The average molecular weight is 172 g/mol. The molecular formula is C10H20O2. The van der Waals surface area contributed by atoms with Gasteiger partial charge in [-0.25, -0.2) is 0 Å². The second-order valence-electron chi connectivity index (χ2n) is 4.01. The van der Waals surface area contributed by atoms with Crippen molar-refractivity contribution >= 4 is 5.97 Å². The van der Waals surface area contributed by atoms with Gasteiger partial charge < -0.3 is 5.11 Å². The Morgan fingerprint density at radius 1 is 1.25 bits per heavy atom. The fraction of sp³-hybridized carbons (Fsp3) is 0.900. The molecule has 72 valence electrons. The van der Waals surface area contributed by atoms with Gasteiger partial charge in [-0.1, -0.05) is 27.7 Å². The van der Waals surface area contributed by atoms with Gasteiger partial charge in [0.25, 0.3) is 0 Å². The first-order valence-electron chi connectivity index (χ1n) is 4.67. The van der Waals surface area contributed by atoms with Crippen LogP contribution in [0.3, 0.4) is 0 Å². The lowest BCUT2D eigenvalue weighted by Gasteiger charge is -2.22. The normalized spacial score (nSPS) is 16.1. The lowest BCUT2D eigenvalue weighted by molar-refractivity contribution is -0.137. The van der Waals surface area contributed by atoms with Gasteiger partial charge in [0, 0.05) is 6.42 Å². The molecule has 2 heteroatoms. The van der Waals surface area contributed by atoms with Crippen molar-refractivity contribution in [1.82, 2.24) is 0 Å². The van der Waals surface area contributed by atoms with Crippen molar-refractivity contribution in [3.63, 3.8) is 0 Å². The van der Waals surface area contributed by atoms with Gasteiger partial charge in [-0.05, 0) is 24.2 Å². The summed E-state index contributed by atoms with van der Waals surface area (Å²) in [6.07, 6.45) is 1.10. The number of hydrogen-bond acceptors (Lipinski definition) is 1. The Kier molecular flexibility index (Phi) is 4.95. The Morgan fingerprint density at radius 2 is 1.75 bits per heavy atom. The molecule has 0 aromatic rings. The van der Waals surface area contributed by atoms with Gasteiger partial charge >= 0.3 is 5.97 Å². The first-order valence-corrected chi connectivity index (χ1v) is 4.67. The highest BCUT2D eigenvalue weighted by Gasteiger charge is 2.16. The fourth-order valence-corrected chi connectivity index (χ4v) is 1.27. The van der Waals surface area contributed by atoms with Crippen LogP contribution in [-0.2, 0) is 4.79 Å². The molecule has 0 aliphatic carbocycles. The number of rotatable bonds is 5. The van der Waals surface area contributed by atoms with Gasteiger partial charge in [-0.3, -0.25) is 4.79 Å². The number of carboxylic acids is 1. The van der Waals surface area contributed by atoms with E-state index in [0.29, 0.717) is 24.2 Å². The zero-order valence-electron chi connectivity index (χ0n) is 8.50. The van der Waals surface area contributed by atoms with Crippen LogP contribution in [0.4, 0.5) is 0 Å². The molecule has 0 aliphatic rings. The van der Waals surface area contributed by atoms with Crippen LogP contribution in [0.1, 0.15) is 40.5 Å². The van der Waals surface area contributed by atoms with E-state index in [4.69, 9.17) is 5.11 Å². The molecule has 0 saturated heterocycles. The Bertz CT molecular complexity index is 141. The van der Waals surface area contributed by atoms with Crippen molar-refractivity contribution in [2.75, 3.05) is 0 Å². The molecule has 0 amide bonds. The lowest BCUT2D eigenvalue weighted by atomic mass is 9.83. The Morgan fingerprint density at radius 3 is 2.08 bits per heavy atom. The standard InChI is InChI=1S/C10H20O2/c1-7(2)9(4)8(3)5-6-10(11)12/h7-9H,5-6H2,1-4H3,(H,11,12). The van der Waals surface area contributed by atoms with Crippen molar-refractivity contribution in [3.8, 4) is 0 Å². The average Bonchev–Trinajstić information content (AvgIpc) is 1.98. The maximum atomic E-state index is 10.3. The molecule has 0 bridgehead atoms. The van der Waals surface area contributed by atoms with E-state index in [-0.39, 0.29) is 0 Å². The van der Waals surface area contributed by atoms with Gasteiger partial charge in [0.15, 0.2) is 0 Å². The second-order valence-corrected chi connectivity index (χ2v) is 4.01. The van der Waals surface area contributed by atoms with Gasteiger partial charge in [-0.15, -0.1) is 0 Å². The van der Waals surface area contributed by atoms with E-state index in [2.05, 4.69) is 27.7 Å². The predicted molar refractivity (Wildman–Crippen MR) is 50.0 cm³/mol. The minimum Gasteiger partial charge on any atom is -0.481 e. The topological polar surface area (TPSA) is 37.3 Å². The van der Waals surface area contributed by atoms with Gasteiger partial charge in [-0.2, -0.15) is 0 Å². The molecular weight excluding hydrogens is 152 g/mol. The quantitative estimate of drug-likeness (QED) is 0.692. The highest BCUT2D eigenvalue weighted by Crippen LogP contribution is 2.23. The van der Waals surface area contributed by atoms with Crippen LogP contribution in [0.5, 0.6) is 0 Å². The molecule has 0 heterocycles. The third-order valence-electron chi connectivity index (χ3n) is 2.76. The van der Waals surface area contributed by atoms with E-state index >= 15 is 0 Å². The molecule has 0 aromatic heterocycles. The van der Waals surface area contributed by atoms with Crippen molar-refractivity contribution in [2.24, 2.45) is 17.8 Å². The van der Waals surface area contributed by atoms with Gasteiger partial charge in [0.2, 0.25) is 0 Å². The van der Waals surface area contributed by atoms with E-state index in [9.17, 15) is 4.79 Å². The molecule has 2 atom stereocenters. The summed E-state index contributed by atoms with van der Waals surface area (Å²) in [6, 6.07) is 0. The first-order chi connectivity index (χ1) is 5.45. The van der Waals surface area contributed by atoms with Crippen LogP contribution in [0.2, 0.25) is 0 Å². The summed E-state index contributed by atoms with van der Waals surface area (Å²) in [4.78, 5) is 10.3. The summed E-state index contributed by atoms with van der Waals surface area (Å²) < 4.78 is 0. The summed E-state index contributed by atoms with van der Waals surface area (Å²) in [7, 11) is 0. The lowest BCUT2D eigenvalue weighted by Crippen LogP contribution is -2.15. The highest BCUT2D eigenvalue weighted by atomic mass is 16.4. The minimum atomic E-state index is -0.683. The number of aliphatic carboxylic acids is 1. The molecule has 0 rings (SSSR count). The van der Waals surface area contributed by atoms with Crippen molar-refractivity contribution in [2.45, 2.75) is 40.5 Å². The third kappa shape index (κ3) is 4.37. The number of carboxylic acid groups (broad SMARTS) is 1. The molecule has 12 heavy (non-hydrogen) atoms. The van der Waals surface area contributed by atoms with Crippen molar-refractivity contribution in [1.29, 1.82) is 0 Å². The summed E-state index contributed by atoms with van der Waals surface area (Å²) in [6.45, 7) is 8.69. The van der Waals surface area contributed by atoms with E-state index < -0.39 is 5.97 Å². The van der Waals surface area contributed by atoms with Crippen LogP contribution < -0.4 is 0 Å². The number of carbonyl (C=O) groups is 1. The van der Waals surface area contributed by atoms with E-state index in [0.717, 1.165) is 6.42 Å². The maximum Gasteiger partial charge on any atom is 0.303 e. The maximum absolute atomic E-state index is 10.3. The van der Waals surface area contributed by atoms with Gasteiger partial charge in [0.05, 0.1) is 0 Å². The zero-order chi connectivity index (χ0) is 9.72. The van der Waals surface area contributed by atoms with Crippen LogP contribution >= 0.6 is 0 Å². The van der Waals surface area contributed by atoms with Crippen LogP contribution in [0.25, 0.3) is 0 Å². The van der Waals surface area contributed by atoms with Gasteiger partial charge in [0.1, 0.15) is 0 Å². The summed E-state index contributed by atoms with van der Waals surface area (Å²) in [5.41, 5.74) is 0. The molecule has 0 aliphatic heterocycles. The third-order valence-corrected chi connectivity index (χ3v) is 2.76. The van der Waals surface area contributed by atoms with E-state index in [1.807, 2.05) is 0 Å². The molecule has 2 nitrogen and oxygen atoms in total. The summed E-state index contributed by atoms with van der Waals surface area (Å²) >= 11 is 0. The predicted octanol–water partition coefficient (Wildman–Crippen LogP) is 2.78. The highest BCUT2D eigenvalue weighted by molar-refractivity contribution is 5.66. The van der Waals surface area contributed by atoms with Crippen molar-refractivity contribution in [3.05, 3.63) is 0 Å². The summed E-state index contributed by atoms with van der Waals surface area (Å²) in [5.74, 6) is 1.09. The van der Waals surface area contributed by atoms with E-state index in [1.165, 1.54) is 0 Å². The van der Waals surface area contributed by atoms with E-state index in [1.54, 1.807) is 0 Å². The molecule has 1 N–H and O–H groups in total. The minimum absolute atomic E-state index is 0.304. The second kappa shape index (κ2) is 5.18. The first kappa shape index (κ1) is 11.5. The Balaban J connectivity index is 3.71. The largest absolute Gasteiger partial charge is 0.481 e. The van der Waals surface area contributed by atoms with Crippen molar-refractivity contribution < 1.29 is 9.90 Å². The molecule has 0 aromatic carbocycles. The summed E-state index contributed by atoms with van der Waals surface area (Å²) in [5, 5.41) is 8.48. The Labute approximate surface area is 75.0 Å². The molecule has 0 saturated carbocycles. The van der Waals surface area contributed by atoms with Crippen LogP contribution in [0, 0.1) is 17.8 Å². The zero-order valence-corrected chi connectivity index (χ0v) is 8.50. The molecule has 0 spiro atoms. The fourth-order valence-electron chi connectivity index (χ4n) is 1.27.